The Kier molecular flexibility index (Phi) is 3.63. The number of hydrogen-bond acceptors (Lipinski definition) is 5. The summed E-state index contributed by atoms with van der Waals surface area (Å²) in [6, 6.07) is 9.20. The number of nitrogens with zero attached hydrogens (tertiary/aromatic N) is 4. The highest BCUT2D eigenvalue weighted by molar-refractivity contribution is 6.03. The fraction of sp³-hybridized carbons (Fsp3) is 0.471. The van der Waals surface area contributed by atoms with Gasteiger partial charge >= 0.3 is 6.03 Å². The summed E-state index contributed by atoms with van der Waals surface area (Å²) in [6.07, 6.45) is 1.81. The van der Waals surface area contributed by atoms with E-state index in [1.54, 1.807) is 7.05 Å². The highest BCUT2D eigenvalue weighted by atomic mass is 16.2. The first-order valence-corrected chi connectivity index (χ1v) is 8.36. The number of likely N-dealkylation sites (tertiary alicyclic amines) is 1. The van der Waals surface area contributed by atoms with E-state index < -0.39 is 12.2 Å². The van der Waals surface area contributed by atoms with Crippen molar-refractivity contribution in [1.82, 2.24) is 20.0 Å². The molecule has 2 fully saturated rings. The molecule has 1 aromatic rings. The fourth-order valence-electron chi connectivity index (χ4n) is 3.64. The third-order valence-corrected chi connectivity index (χ3v) is 4.92. The van der Waals surface area contributed by atoms with Crippen molar-refractivity contribution in [2.24, 2.45) is 4.99 Å². The number of carbonyl (C=O) groups is 2. The summed E-state index contributed by atoms with van der Waals surface area (Å²) < 4.78 is 0. The predicted octanol–water partition coefficient (Wildman–Crippen LogP) is 0.830. The summed E-state index contributed by atoms with van der Waals surface area (Å²) in [5.41, 5.74) is 1.12. The van der Waals surface area contributed by atoms with E-state index in [-0.39, 0.29) is 11.9 Å². The lowest BCUT2D eigenvalue weighted by Crippen LogP contribution is -2.64. The van der Waals surface area contributed by atoms with Crippen molar-refractivity contribution in [2.45, 2.75) is 31.6 Å². The third-order valence-electron chi connectivity index (χ3n) is 4.92. The first-order chi connectivity index (χ1) is 11.6. The first kappa shape index (κ1) is 15.0. The number of rotatable bonds is 2. The van der Waals surface area contributed by atoms with E-state index >= 15 is 0 Å². The number of benzene rings is 1. The Balaban J connectivity index is 1.68. The molecule has 7 nitrogen and oxygen atoms in total. The molecule has 0 aromatic heterocycles. The molecule has 24 heavy (non-hydrogen) atoms. The number of nitrogens with one attached hydrogen (secondary N) is 1. The Labute approximate surface area is 140 Å². The summed E-state index contributed by atoms with van der Waals surface area (Å²) in [5, 5.41) is 2.44. The van der Waals surface area contributed by atoms with Gasteiger partial charge < -0.3 is 14.7 Å². The van der Waals surface area contributed by atoms with Crippen LogP contribution in [0.25, 0.3) is 0 Å². The van der Waals surface area contributed by atoms with E-state index in [0.29, 0.717) is 6.54 Å². The molecule has 0 spiro atoms. The van der Waals surface area contributed by atoms with E-state index in [1.807, 2.05) is 35.2 Å². The van der Waals surface area contributed by atoms with E-state index in [1.165, 1.54) is 4.90 Å². The highest BCUT2D eigenvalue weighted by Crippen LogP contribution is 2.28. The molecule has 4 rings (SSSR count). The van der Waals surface area contributed by atoms with Crippen LogP contribution in [0, 0.1) is 0 Å². The summed E-state index contributed by atoms with van der Waals surface area (Å²) in [6.45, 7) is 2.50. The number of fused-ring (bicyclic) bond motifs is 1. The van der Waals surface area contributed by atoms with Crippen LogP contribution in [-0.4, -0.2) is 64.9 Å². The number of likely N-dealkylation sites (N-methyl/N-ethyl adjacent to an activating group) is 1. The Morgan fingerprint density at radius 1 is 1.17 bits per heavy atom. The topological polar surface area (TPSA) is 68.2 Å². The Bertz CT molecular complexity index is 683. The summed E-state index contributed by atoms with van der Waals surface area (Å²) in [4.78, 5) is 35.0. The number of imide groups is 1. The van der Waals surface area contributed by atoms with Crippen LogP contribution >= 0.6 is 0 Å². The molecule has 1 aromatic carbocycles. The van der Waals surface area contributed by atoms with Crippen molar-refractivity contribution in [1.29, 1.82) is 0 Å². The SMILES string of the molecule is CN1C(=O)NC(=O)C2C1N=C(N1CCCC1)N2Cc1ccccc1. The number of urea groups is 1. The number of guanidine groups is 1. The summed E-state index contributed by atoms with van der Waals surface area (Å²) >= 11 is 0. The van der Waals surface area contributed by atoms with Crippen LogP contribution in [-0.2, 0) is 11.3 Å². The summed E-state index contributed by atoms with van der Waals surface area (Å²) in [7, 11) is 1.69. The molecule has 1 N–H and O–H groups in total. The second-order valence-electron chi connectivity index (χ2n) is 6.50. The molecule has 3 aliphatic rings. The van der Waals surface area contributed by atoms with E-state index in [0.717, 1.165) is 37.5 Å². The maximum absolute atomic E-state index is 12.5. The Morgan fingerprint density at radius 2 is 1.88 bits per heavy atom. The second-order valence-corrected chi connectivity index (χ2v) is 6.50. The van der Waals surface area contributed by atoms with Crippen molar-refractivity contribution in [3.63, 3.8) is 0 Å². The monoisotopic (exact) mass is 327 g/mol. The molecule has 3 amide bonds. The predicted molar refractivity (Wildman–Crippen MR) is 89.1 cm³/mol. The van der Waals surface area contributed by atoms with Gasteiger partial charge in [-0.3, -0.25) is 10.1 Å². The quantitative estimate of drug-likeness (QED) is 0.874. The fourth-order valence-corrected chi connectivity index (χ4v) is 3.64. The lowest BCUT2D eigenvalue weighted by Gasteiger charge is -2.37. The number of hydrogen-bond donors (Lipinski definition) is 1. The first-order valence-electron chi connectivity index (χ1n) is 8.36. The lowest BCUT2D eigenvalue weighted by atomic mass is 10.1. The normalized spacial score (nSPS) is 26.5. The minimum absolute atomic E-state index is 0.267. The second kappa shape index (κ2) is 5.81. The molecule has 0 saturated carbocycles. The van der Waals surface area contributed by atoms with Gasteiger partial charge in [-0.25, -0.2) is 9.79 Å². The van der Waals surface area contributed by atoms with Crippen molar-refractivity contribution in [2.75, 3.05) is 20.1 Å². The van der Waals surface area contributed by atoms with Crippen LogP contribution in [0.1, 0.15) is 18.4 Å². The van der Waals surface area contributed by atoms with Crippen LogP contribution in [0.15, 0.2) is 35.3 Å². The summed E-state index contributed by atoms with van der Waals surface area (Å²) in [5.74, 6) is 0.569. The molecule has 3 heterocycles. The molecule has 3 aliphatic heterocycles. The van der Waals surface area contributed by atoms with Crippen molar-refractivity contribution < 1.29 is 9.59 Å². The number of carbonyl (C=O) groups excluding carboxylic acids is 2. The van der Waals surface area contributed by atoms with E-state index in [9.17, 15) is 9.59 Å². The van der Waals surface area contributed by atoms with Gasteiger partial charge in [0.1, 0.15) is 0 Å². The maximum atomic E-state index is 12.5. The van der Waals surface area contributed by atoms with Crippen LogP contribution in [0.5, 0.6) is 0 Å². The van der Waals surface area contributed by atoms with Crippen LogP contribution < -0.4 is 5.32 Å². The van der Waals surface area contributed by atoms with Gasteiger partial charge in [-0.05, 0) is 18.4 Å². The van der Waals surface area contributed by atoms with E-state index in [4.69, 9.17) is 4.99 Å². The molecule has 2 unspecified atom stereocenters. The molecule has 2 saturated heterocycles. The number of aliphatic imine (C=N–C) groups is 1. The van der Waals surface area contributed by atoms with Gasteiger partial charge in [-0.15, -0.1) is 0 Å². The minimum atomic E-state index is -0.469. The number of amides is 3. The highest BCUT2D eigenvalue weighted by Gasteiger charge is 2.49. The van der Waals surface area contributed by atoms with Crippen LogP contribution in [0.3, 0.4) is 0 Å². The van der Waals surface area contributed by atoms with E-state index in [2.05, 4.69) is 10.2 Å². The average molecular weight is 327 g/mol. The lowest BCUT2D eigenvalue weighted by molar-refractivity contribution is -0.127. The van der Waals surface area contributed by atoms with Gasteiger partial charge in [-0.2, -0.15) is 0 Å². The van der Waals surface area contributed by atoms with Gasteiger partial charge in [-0.1, -0.05) is 30.3 Å². The zero-order chi connectivity index (χ0) is 16.7. The zero-order valence-electron chi connectivity index (χ0n) is 13.7. The third kappa shape index (κ3) is 2.40. The van der Waals surface area contributed by atoms with Gasteiger partial charge in [0.05, 0.1) is 0 Å². The maximum Gasteiger partial charge on any atom is 0.325 e. The minimum Gasteiger partial charge on any atom is -0.343 e. The van der Waals surface area contributed by atoms with Crippen molar-refractivity contribution >= 4 is 17.9 Å². The molecule has 0 bridgehead atoms. The Morgan fingerprint density at radius 3 is 2.58 bits per heavy atom. The average Bonchev–Trinajstić information content (AvgIpc) is 3.21. The molecular weight excluding hydrogens is 306 g/mol. The van der Waals surface area contributed by atoms with Crippen molar-refractivity contribution in [3.8, 4) is 0 Å². The molecule has 0 aliphatic carbocycles. The van der Waals surface area contributed by atoms with Gasteiger partial charge in [0.25, 0.3) is 5.91 Å². The van der Waals surface area contributed by atoms with Gasteiger partial charge in [0.15, 0.2) is 18.2 Å². The molecule has 2 atom stereocenters. The zero-order valence-corrected chi connectivity index (χ0v) is 13.7. The molecule has 0 radical (unpaired) electrons. The van der Waals surface area contributed by atoms with Crippen molar-refractivity contribution in [3.05, 3.63) is 35.9 Å². The molecular formula is C17H21N5O2. The van der Waals surface area contributed by atoms with Gasteiger partial charge in [0.2, 0.25) is 0 Å². The molecule has 126 valence electrons. The van der Waals surface area contributed by atoms with Crippen LogP contribution in [0.4, 0.5) is 4.79 Å². The standard InChI is InChI=1S/C17H21N5O2/c1-20-14-13(15(23)19-17(20)24)22(11-12-7-3-2-4-8-12)16(18-14)21-9-5-6-10-21/h2-4,7-8,13-14H,5-6,9-11H2,1H3,(H,19,23,24). The molecule has 7 heteroatoms. The largest absolute Gasteiger partial charge is 0.343 e. The van der Waals surface area contributed by atoms with Crippen LogP contribution in [0.2, 0.25) is 0 Å². The van der Waals surface area contributed by atoms with Gasteiger partial charge in [0, 0.05) is 26.7 Å². The smallest absolute Gasteiger partial charge is 0.325 e. The Hall–Kier alpha value is -2.57.